The Morgan fingerprint density at radius 1 is 1.38 bits per heavy atom. The second-order valence-electron chi connectivity index (χ2n) is 3.40. The van der Waals surface area contributed by atoms with Crippen LogP contribution in [-0.2, 0) is 11.2 Å². The fraction of sp³-hybridized carbons (Fsp3) is 0.300. The zero-order chi connectivity index (χ0) is 11.9. The number of alkyl halides is 3. The molecule has 0 aromatic heterocycles. The number of hydrogen-bond donors (Lipinski definition) is 1. The van der Waals surface area contributed by atoms with Crippen molar-refractivity contribution < 1.29 is 9.53 Å². The van der Waals surface area contributed by atoms with Gasteiger partial charge in [-0.15, -0.1) is 0 Å². The second-order valence-corrected chi connectivity index (χ2v) is 5.68. The van der Waals surface area contributed by atoms with Crippen molar-refractivity contribution in [1.82, 2.24) is 0 Å². The number of Topliss-reactive ketones (excluding diaryl/α,β-unsaturated/α-hetero) is 1. The lowest BCUT2D eigenvalue weighted by atomic mass is 10.1. The number of halogens is 3. The lowest BCUT2D eigenvalue weighted by Crippen LogP contribution is -2.20. The smallest absolute Gasteiger partial charge is 0.249 e. The summed E-state index contributed by atoms with van der Waals surface area (Å²) in [6.45, 7) is 0. The number of benzene rings is 1. The monoisotopic (exact) mass is 279 g/mol. The van der Waals surface area contributed by atoms with E-state index < -0.39 is 9.58 Å². The molecular formula is C10H8Cl3NO2. The molecule has 0 atom stereocenters. The molecule has 1 aliphatic heterocycles. The van der Waals surface area contributed by atoms with Crippen LogP contribution in [0.1, 0.15) is 5.56 Å². The summed E-state index contributed by atoms with van der Waals surface area (Å²) in [6, 6.07) is 3.56. The summed E-state index contributed by atoms with van der Waals surface area (Å²) in [4.78, 5) is 11.5. The van der Waals surface area contributed by atoms with Gasteiger partial charge in [0.1, 0.15) is 11.4 Å². The van der Waals surface area contributed by atoms with Crippen LogP contribution in [0.15, 0.2) is 12.1 Å². The molecule has 86 valence electrons. The third-order valence-electron chi connectivity index (χ3n) is 2.33. The molecule has 1 heterocycles. The van der Waals surface area contributed by atoms with Gasteiger partial charge in [-0.05, 0) is 11.6 Å². The summed E-state index contributed by atoms with van der Waals surface area (Å²) in [7, 11) is 1.59. The third kappa shape index (κ3) is 2.21. The Morgan fingerprint density at radius 2 is 2.06 bits per heavy atom. The molecule has 1 aliphatic rings. The number of hydrogen-bond acceptors (Lipinski definition) is 3. The molecule has 0 amide bonds. The van der Waals surface area contributed by atoms with Gasteiger partial charge in [-0.3, -0.25) is 4.79 Å². The first-order valence-electron chi connectivity index (χ1n) is 4.50. The highest BCUT2D eigenvalue weighted by molar-refractivity contribution is 6.76. The van der Waals surface area contributed by atoms with Crippen LogP contribution in [0.5, 0.6) is 5.75 Å². The maximum atomic E-state index is 11.5. The highest BCUT2D eigenvalue weighted by atomic mass is 35.6. The Morgan fingerprint density at radius 3 is 2.62 bits per heavy atom. The Hall–Kier alpha value is -0.640. The number of rotatable bonds is 3. The van der Waals surface area contributed by atoms with Crippen molar-refractivity contribution in [1.29, 1.82) is 0 Å². The van der Waals surface area contributed by atoms with Crippen LogP contribution in [0.4, 0.5) is 11.4 Å². The average Bonchev–Trinajstić information content (AvgIpc) is 2.96. The van der Waals surface area contributed by atoms with Gasteiger partial charge in [-0.25, -0.2) is 0 Å². The van der Waals surface area contributed by atoms with Gasteiger partial charge < -0.3 is 10.1 Å². The van der Waals surface area contributed by atoms with Crippen LogP contribution in [0.25, 0.3) is 0 Å². The fourth-order valence-electron chi connectivity index (χ4n) is 1.45. The number of anilines is 2. The molecule has 0 aliphatic carbocycles. The van der Waals surface area contributed by atoms with Gasteiger partial charge in [0.15, 0.2) is 5.78 Å². The van der Waals surface area contributed by atoms with Crippen molar-refractivity contribution in [3.8, 4) is 5.75 Å². The number of ketones is 1. The first kappa shape index (κ1) is 11.8. The maximum Gasteiger partial charge on any atom is 0.249 e. The maximum absolute atomic E-state index is 11.5. The van der Waals surface area contributed by atoms with Crippen molar-refractivity contribution in [2.24, 2.45) is 0 Å². The molecular weight excluding hydrogens is 272 g/mol. The van der Waals surface area contributed by atoms with Crippen LogP contribution < -0.4 is 10.1 Å². The van der Waals surface area contributed by atoms with Crippen molar-refractivity contribution in [3.05, 3.63) is 17.7 Å². The number of carbonyl (C=O) groups is 1. The van der Waals surface area contributed by atoms with Crippen molar-refractivity contribution in [2.75, 3.05) is 12.4 Å². The lowest BCUT2D eigenvalue weighted by Gasteiger charge is -2.08. The number of methoxy groups -OCH3 is 1. The van der Waals surface area contributed by atoms with Crippen molar-refractivity contribution >= 4 is 52.0 Å². The molecule has 6 heteroatoms. The normalized spacial score (nSPS) is 12.8. The molecule has 0 spiro atoms. The van der Waals surface area contributed by atoms with E-state index in [1.165, 1.54) is 0 Å². The fourth-order valence-corrected chi connectivity index (χ4v) is 1.65. The van der Waals surface area contributed by atoms with Gasteiger partial charge in [0.2, 0.25) is 3.79 Å². The SMILES string of the molecule is COc1ccc(CC(=O)C(Cl)(Cl)Cl)c2c1N2. The molecule has 0 bridgehead atoms. The topological polar surface area (TPSA) is 48.2 Å². The molecule has 16 heavy (non-hydrogen) atoms. The van der Waals surface area contributed by atoms with Crippen LogP contribution in [-0.4, -0.2) is 16.7 Å². The average molecular weight is 281 g/mol. The van der Waals surface area contributed by atoms with Crippen LogP contribution >= 0.6 is 34.8 Å². The first-order chi connectivity index (χ1) is 7.43. The van der Waals surface area contributed by atoms with Gasteiger partial charge in [0.25, 0.3) is 0 Å². The molecule has 0 saturated heterocycles. The van der Waals surface area contributed by atoms with E-state index in [2.05, 4.69) is 5.32 Å². The number of ether oxygens (including phenoxy) is 1. The Kier molecular flexibility index (Phi) is 2.95. The molecule has 2 rings (SSSR count). The van der Waals surface area contributed by atoms with E-state index in [-0.39, 0.29) is 6.42 Å². The molecule has 0 saturated carbocycles. The van der Waals surface area contributed by atoms with Gasteiger partial charge >= 0.3 is 0 Å². The Balaban J connectivity index is 2.17. The van der Waals surface area contributed by atoms with Gasteiger partial charge in [0.05, 0.1) is 12.8 Å². The summed E-state index contributed by atoms with van der Waals surface area (Å²) in [5.74, 6) is 0.304. The summed E-state index contributed by atoms with van der Waals surface area (Å²) in [6.07, 6.45) is 0.0931. The van der Waals surface area contributed by atoms with E-state index >= 15 is 0 Å². The van der Waals surface area contributed by atoms with Crippen molar-refractivity contribution in [2.45, 2.75) is 10.2 Å². The van der Waals surface area contributed by atoms with Gasteiger partial charge in [-0.2, -0.15) is 0 Å². The number of nitrogens with one attached hydrogen (secondary N) is 1. The van der Waals surface area contributed by atoms with Crippen LogP contribution in [0.3, 0.4) is 0 Å². The van der Waals surface area contributed by atoms with E-state index in [9.17, 15) is 4.79 Å². The second kappa shape index (κ2) is 3.99. The van der Waals surface area contributed by atoms with E-state index in [0.717, 1.165) is 22.7 Å². The zero-order valence-electron chi connectivity index (χ0n) is 8.31. The highest BCUT2D eigenvalue weighted by Gasteiger charge is 2.33. The minimum absolute atomic E-state index is 0.0931. The molecule has 0 radical (unpaired) electrons. The molecule has 1 N–H and O–H groups in total. The molecule has 1 aromatic carbocycles. The largest absolute Gasteiger partial charge is 0.494 e. The van der Waals surface area contributed by atoms with E-state index in [4.69, 9.17) is 39.5 Å². The zero-order valence-corrected chi connectivity index (χ0v) is 10.6. The van der Waals surface area contributed by atoms with Crippen molar-refractivity contribution in [3.63, 3.8) is 0 Å². The molecule has 1 aromatic rings. The predicted molar refractivity (Wildman–Crippen MR) is 65.3 cm³/mol. The summed E-state index contributed by atoms with van der Waals surface area (Å²) in [5.41, 5.74) is 2.60. The Labute approximate surface area is 108 Å². The highest BCUT2D eigenvalue weighted by Crippen LogP contribution is 2.49. The van der Waals surface area contributed by atoms with Gasteiger partial charge in [0, 0.05) is 6.42 Å². The summed E-state index contributed by atoms with van der Waals surface area (Å²) >= 11 is 16.5. The number of fused-ring (bicyclic) bond motifs is 1. The molecule has 3 nitrogen and oxygen atoms in total. The summed E-state index contributed by atoms with van der Waals surface area (Å²) < 4.78 is 3.24. The quantitative estimate of drug-likeness (QED) is 0.693. The minimum Gasteiger partial charge on any atom is -0.494 e. The molecule has 0 unspecified atom stereocenters. The minimum atomic E-state index is -1.86. The Bertz CT molecular complexity index is 454. The third-order valence-corrected chi connectivity index (χ3v) is 2.96. The lowest BCUT2D eigenvalue weighted by molar-refractivity contribution is -0.117. The standard InChI is InChI=1S/C10H8Cl3NO2/c1-16-6-3-2-5(8-9(6)14-8)4-7(15)10(11,12)13/h2-3,14H,4H2,1H3. The van der Waals surface area contributed by atoms with E-state index in [1.807, 2.05) is 0 Å². The predicted octanol–water partition coefficient (Wildman–Crippen LogP) is 3.23. The summed E-state index contributed by atoms with van der Waals surface area (Å²) in [5, 5.41) is 3.03. The van der Waals surface area contributed by atoms with E-state index in [1.54, 1.807) is 19.2 Å². The van der Waals surface area contributed by atoms with E-state index in [0.29, 0.717) is 0 Å². The van der Waals surface area contributed by atoms with Gasteiger partial charge in [-0.1, -0.05) is 40.9 Å². The first-order valence-corrected chi connectivity index (χ1v) is 5.64. The number of carbonyl (C=O) groups excluding carboxylic acids is 1. The molecule has 0 fully saturated rings. The van der Waals surface area contributed by atoms with Crippen LogP contribution in [0, 0.1) is 0 Å². The van der Waals surface area contributed by atoms with Crippen LogP contribution in [0.2, 0.25) is 0 Å².